The third-order valence-corrected chi connectivity index (χ3v) is 0.321. The zero-order valence-electron chi connectivity index (χ0n) is 4.68. The van der Waals surface area contributed by atoms with Gasteiger partial charge in [-0.25, -0.2) is 0 Å². The first-order valence-electron chi connectivity index (χ1n) is 1.62. The molecule has 0 spiro atoms. The maximum absolute atomic E-state index is 9.58. The van der Waals surface area contributed by atoms with Crippen LogP contribution in [0, 0.1) is 0 Å². The van der Waals surface area contributed by atoms with Crippen molar-refractivity contribution in [1.29, 1.82) is 0 Å². The molecule has 0 aliphatic carbocycles. The molecule has 0 saturated heterocycles. The van der Waals surface area contributed by atoms with Gasteiger partial charge in [0, 0.05) is 71.8 Å². The van der Waals surface area contributed by atoms with Gasteiger partial charge in [-0.2, -0.15) is 0 Å². The monoisotopic (exact) mass is 278 g/mol. The molecule has 0 aliphatic heterocycles. The van der Waals surface area contributed by atoms with Crippen LogP contribution in [0.15, 0.2) is 0 Å². The maximum Gasteiger partial charge on any atom is 0.0546 e. The van der Waals surface area contributed by atoms with E-state index in [2.05, 4.69) is 0 Å². The predicted octanol–water partition coefficient (Wildman–Crippen LogP) is 0.529. The van der Waals surface area contributed by atoms with Crippen LogP contribution >= 0.6 is 0 Å². The Balaban J connectivity index is -0.000000180. The van der Waals surface area contributed by atoms with E-state index < -0.39 is 18.2 Å². The molecule has 9 heavy (non-hydrogen) atoms. The average Bonchev–Trinajstić information content (AvgIpc) is 1.27. The normalized spacial score (nSPS) is 6.22. The molecule has 0 saturated carbocycles. The summed E-state index contributed by atoms with van der Waals surface area (Å²) >= 11 is 0. The quantitative estimate of drug-likeness (QED) is 0.690. The Hall–Kier alpha value is 1.15. The second kappa shape index (κ2) is 9.15. The van der Waals surface area contributed by atoms with E-state index in [1.54, 1.807) is 0 Å². The molecule has 2 amide bonds. The molecule has 0 atom stereocenters. The van der Waals surface area contributed by atoms with E-state index in [1.807, 2.05) is 0 Å². The van der Waals surface area contributed by atoms with Gasteiger partial charge in [0.2, 0.25) is 0 Å². The molecule has 6 heteroatoms. The molecule has 0 aromatic rings. The summed E-state index contributed by atoms with van der Waals surface area (Å²) in [6.07, 6.45) is -0.583. The van der Waals surface area contributed by atoms with Gasteiger partial charge in [-0.15, -0.1) is 0 Å². The fourth-order valence-electron chi connectivity index (χ4n) is 0.146. The van der Waals surface area contributed by atoms with Gasteiger partial charge in [0.15, 0.2) is 0 Å². The molecule has 46 valence electrons. The second-order valence-electron chi connectivity index (χ2n) is 1.02. The zero-order chi connectivity index (χ0) is 5.86. The smallest absolute Gasteiger partial charge is 0.0546 e. The number of rotatable bonds is 2. The van der Waals surface area contributed by atoms with Gasteiger partial charge in [0.05, 0.1) is 11.8 Å². The van der Waals surface area contributed by atoms with E-state index in [1.165, 1.54) is 0 Å². The minimum atomic E-state index is -1.00. The SMILES string of the molecule is [NH-]C(=O)CC([NH-])=O.[Y].[Y]. The Labute approximate surface area is 103 Å². The minimum absolute atomic E-state index is 0. The number of carbonyl (C=O) groups is 2. The molecule has 0 aliphatic rings. The summed E-state index contributed by atoms with van der Waals surface area (Å²) in [4.78, 5) is 19.2. The summed E-state index contributed by atoms with van der Waals surface area (Å²) in [6, 6.07) is 0. The van der Waals surface area contributed by atoms with E-state index in [0.29, 0.717) is 0 Å². The standard InChI is InChI=1S/C3H6N2O2.2Y/c4-2(6)1-3(5)7;;/h1H2,(H4,4,5,6,7);;/p-2. The van der Waals surface area contributed by atoms with Crippen LogP contribution in [0.25, 0.3) is 11.5 Å². The summed E-state index contributed by atoms with van der Waals surface area (Å²) in [6.45, 7) is 0. The van der Waals surface area contributed by atoms with Crippen LogP contribution in [0.2, 0.25) is 0 Å². The largest absolute Gasteiger partial charge is 0.667 e. The van der Waals surface area contributed by atoms with Crippen molar-refractivity contribution >= 4 is 11.8 Å². The minimum Gasteiger partial charge on any atom is -0.667 e. The Morgan fingerprint density at radius 3 is 1.22 bits per heavy atom. The summed E-state index contributed by atoms with van der Waals surface area (Å²) < 4.78 is 0. The van der Waals surface area contributed by atoms with Gasteiger partial charge in [-0.3, -0.25) is 0 Å². The Kier molecular flexibility index (Phi) is 16.9. The van der Waals surface area contributed by atoms with Crippen LogP contribution < -0.4 is 0 Å². The molecule has 2 N–H and O–H groups in total. The summed E-state index contributed by atoms with van der Waals surface area (Å²) in [5.41, 5.74) is 12.3. The van der Waals surface area contributed by atoms with Gasteiger partial charge in [0.1, 0.15) is 0 Å². The maximum atomic E-state index is 9.58. The fraction of sp³-hybridized carbons (Fsp3) is 0.333. The molecule has 0 rings (SSSR count). The molecule has 0 heterocycles. The number of hydrogen-bond acceptors (Lipinski definition) is 2. The van der Waals surface area contributed by atoms with E-state index in [4.69, 9.17) is 11.5 Å². The summed E-state index contributed by atoms with van der Waals surface area (Å²) in [5.74, 6) is -2.00. The molecule has 2 radical (unpaired) electrons. The first kappa shape index (κ1) is 16.6. The molecule has 0 fully saturated rings. The van der Waals surface area contributed by atoms with Crippen LogP contribution in [-0.2, 0) is 75.0 Å². The molecule has 0 aromatic carbocycles. The van der Waals surface area contributed by atoms with Crippen LogP contribution in [0.5, 0.6) is 0 Å². The van der Waals surface area contributed by atoms with Gasteiger partial charge >= 0.3 is 0 Å². The van der Waals surface area contributed by atoms with Crippen molar-refractivity contribution in [2.45, 2.75) is 6.42 Å². The van der Waals surface area contributed by atoms with Gasteiger partial charge in [-0.05, 0) is 0 Å². The van der Waals surface area contributed by atoms with Crippen molar-refractivity contribution in [3.63, 3.8) is 0 Å². The Morgan fingerprint density at radius 1 is 1.00 bits per heavy atom. The van der Waals surface area contributed by atoms with Gasteiger partial charge in [0.25, 0.3) is 0 Å². The molecular formula is C3H4N2O2Y2-2. The van der Waals surface area contributed by atoms with Crippen molar-refractivity contribution < 1.29 is 75.0 Å². The number of carbonyl (C=O) groups excluding carboxylic acids is 2. The van der Waals surface area contributed by atoms with E-state index in [-0.39, 0.29) is 65.4 Å². The summed E-state index contributed by atoms with van der Waals surface area (Å²) in [7, 11) is 0. The van der Waals surface area contributed by atoms with E-state index in [0.717, 1.165) is 0 Å². The number of nitrogens with one attached hydrogen (secondary N) is 2. The molecule has 0 unspecified atom stereocenters. The molecular weight excluding hydrogens is 274 g/mol. The van der Waals surface area contributed by atoms with Crippen molar-refractivity contribution in [2.24, 2.45) is 0 Å². The Morgan fingerprint density at radius 2 is 1.22 bits per heavy atom. The molecule has 0 aromatic heterocycles. The van der Waals surface area contributed by atoms with Crippen molar-refractivity contribution in [1.82, 2.24) is 0 Å². The van der Waals surface area contributed by atoms with Crippen LogP contribution in [0.3, 0.4) is 0 Å². The Bertz CT molecular complexity index is 94.0. The second-order valence-corrected chi connectivity index (χ2v) is 1.02. The first-order valence-corrected chi connectivity index (χ1v) is 1.62. The van der Waals surface area contributed by atoms with E-state index >= 15 is 0 Å². The van der Waals surface area contributed by atoms with Crippen LogP contribution in [-0.4, -0.2) is 11.8 Å². The van der Waals surface area contributed by atoms with Crippen molar-refractivity contribution in [3.05, 3.63) is 11.5 Å². The van der Waals surface area contributed by atoms with Crippen molar-refractivity contribution in [3.8, 4) is 0 Å². The molecule has 4 nitrogen and oxygen atoms in total. The van der Waals surface area contributed by atoms with Gasteiger partial charge in [-0.1, -0.05) is 0 Å². The summed E-state index contributed by atoms with van der Waals surface area (Å²) in [5, 5.41) is 0. The topological polar surface area (TPSA) is 81.7 Å². The molecule has 0 bridgehead atoms. The third kappa shape index (κ3) is 17.6. The fourth-order valence-corrected chi connectivity index (χ4v) is 0.146. The van der Waals surface area contributed by atoms with E-state index in [9.17, 15) is 9.59 Å². The third-order valence-electron chi connectivity index (χ3n) is 0.321. The van der Waals surface area contributed by atoms with Crippen LogP contribution in [0.1, 0.15) is 6.42 Å². The van der Waals surface area contributed by atoms with Crippen LogP contribution in [0.4, 0.5) is 0 Å². The predicted molar refractivity (Wildman–Crippen MR) is 23.3 cm³/mol. The van der Waals surface area contributed by atoms with Gasteiger partial charge < -0.3 is 21.1 Å². The number of amides is 2. The zero-order valence-corrected chi connectivity index (χ0v) is 10.4. The average molecular weight is 278 g/mol. The number of hydrogen-bond donors (Lipinski definition) is 0. The first-order chi connectivity index (χ1) is 3.13. The van der Waals surface area contributed by atoms with Crippen molar-refractivity contribution in [2.75, 3.05) is 0 Å².